The predicted molar refractivity (Wildman–Crippen MR) is 101 cm³/mol. The second-order valence-electron chi connectivity index (χ2n) is 6.43. The van der Waals surface area contributed by atoms with Gasteiger partial charge in [-0.25, -0.2) is 4.68 Å². The Balaban J connectivity index is 1.58. The maximum Gasteiger partial charge on any atom is 0.281 e. The van der Waals surface area contributed by atoms with Crippen molar-refractivity contribution < 1.29 is 9.63 Å². The van der Waals surface area contributed by atoms with Gasteiger partial charge in [-0.15, -0.1) is 5.10 Å². The van der Waals surface area contributed by atoms with Crippen LogP contribution in [-0.4, -0.2) is 33.7 Å². The van der Waals surface area contributed by atoms with Crippen molar-refractivity contribution in [2.24, 2.45) is 5.16 Å². The summed E-state index contributed by atoms with van der Waals surface area (Å²) in [5.41, 5.74) is 4.80. The number of nitrogens with zero attached hydrogens (tertiary/aromatic N) is 5. The zero-order valence-corrected chi connectivity index (χ0v) is 15.2. The normalized spacial score (nSPS) is 14.7. The highest BCUT2D eigenvalue weighted by atomic mass is 16.6. The first-order valence-electron chi connectivity index (χ1n) is 8.62. The Morgan fingerprint density at radius 1 is 1.11 bits per heavy atom. The van der Waals surface area contributed by atoms with Crippen LogP contribution in [-0.2, 0) is 22.7 Å². The fourth-order valence-corrected chi connectivity index (χ4v) is 3.18. The fraction of sp³-hybridized carbons (Fsp3) is 0.200. The van der Waals surface area contributed by atoms with E-state index in [9.17, 15) is 4.79 Å². The first-order valence-corrected chi connectivity index (χ1v) is 8.62. The van der Waals surface area contributed by atoms with Crippen molar-refractivity contribution in [1.82, 2.24) is 15.0 Å². The number of benzene rings is 2. The van der Waals surface area contributed by atoms with Crippen molar-refractivity contribution in [2.75, 3.05) is 12.0 Å². The summed E-state index contributed by atoms with van der Waals surface area (Å²) in [5, 5.41) is 12.3. The Labute approximate surface area is 156 Å². The summed E-state index contributed by atoms with van der Waals surface area (Å²) in [4.78, 5) is 19.4. The van der Waals surface area contributed by atoms with E-state index in [1.165, 1.54) is 7.11 Å². The molecule has 1 aliphatic rings. The van der Waals surface area contributed by atoms with E-state index in [0.717, 1.165) is 22.4 Å². The molecule has 1 amide bonds. The van der Waals surface area contributed by atoms with Crippen LogP contribution in [0.15, 0.2) is 59.9 Å². The van der Waals surface area contributed by atoms with Crippen LogP contribution in [0.2, 0.25) is 0 Å². The molecular formula is C20H19N5O2. The van der Waals surface area contributed by atoms with Crippen LogP contribution in [0.4, 0.5) is 5.69 Å². The van der Waals surface area contributed by atoms with Gasteiger partial charge in [0.05, 0.1) is 25.0 Å². The van der Waals surface area contributed by atoms with Crippen molar-refractivity contribution >= 4 is 17.3 Å². The van der Waals surface area contributed by atoms with E-state index in [0.29, 0.717) is 24.5 Å². The van der Waals surface area contributed by atoms with Crippen molar-refractivity contribution in [1.29, 1.82) is 0 Å². The Hall–Kier alpha value is -3.48. The highest BCUT2D eigenvalue weighted by Crippen LogP contribution is 2.31. The van der Waals surface area contributed by atoms with Gasteiger partial charge in [0.2, 0.25) is 0 Å². The number of amides is 1. The minimum Gasteiger partial charge on any atom is -0.398 e. The van der Waals surface area contributed by atoms with E-state index in [-0.39, 0.29) is 5.91 Å². The molecule has 136 valence electrons. The van der Waals surface area contributed by atoms with Crippen LogP contribution in [0.3, 0.4) is 0 Å². The molecule has 0 saturated heterocycles. The van der Waals surface area contributed by atoms with Gasteiger partial charge in [-0.05, 0) is 24.6 Å². The largest absolute Gasteiger partial charge is 0.398 e. The highest BCUT2D eigenvalue weighted by molar-refractivity contribution is 6.54. The number of anilines is 1. The second-order valence-corrected chi connectivity index (χ2v) is 6.43. The summed E-state index contributed by atoms with van der Waals surface area (Å²) < 4.78 is 1.77. The third-order valence-electron chi connectivity index (χ3n) is 4.42. The minimum absolute atomic E-state index is 0.199. The molecule has 0 unspecified atom stereocenters. The molecule has 0 aliphatic carbocycles. The monoisotopic (exact) mass is 361 g/mol. The van der Waals surface area contributed by atoms with Crippen LogP contribution in [0, 0.1) is 6.92 Å². The second kappa shape index (κ2) is 7.03. The number of aryl methyl sites for hydroxylation is 1. The number of hydrogen-bond acceptors (Lipinski definition) is 5. The number of hydrogen-bond donors (Lipinski definition) is 0. The molecule has 0 spiro atoms. The summed E-state index contributed by atoms with van der Waals surface area (Å²) in [5.74, 6) is -0.199. The zero-order chi connectivity index (χ0) is 18.8. The SMILES string of the molecule is CON=C1C(=O)N(Cc2cn(Cc3ccccc3)nn2)c2ccc(C)cc21. The summed E-state index contributed by atoms with van der Waals surface area (Å²) in [6.45, 7) is 2.94. The number of fused-ring (bicyclic) bond motifs is 1. The standard InChI is InChI=1S/C20H19N5O2/c1-14-8-9-18-17(10-14)19(22-27-2)20(26)25(18)13-16-12-24(23-21-16)11-15-6-4-3-5-7-15/h3-10,12H,11,13H2,1-2H3. The van der Waals surface area contributed by atoms with E-state index in [1.807, 2.05) is 61.7 Å². The summed E-state index contributed by atoms with van der Waals surface area (Å²) in [6.07, 6.45) is 1.86. The van der Waals surface area contributed by atoms with Crippen molar-refractivity contribution in [2.45, 2.75) is 20.0 Å². The smallest absolute Gasteiger partial charge is 0.281 e. The molecule has 0 radical (unpaired) electrons. The van der Waals surface area contributed by atoms with Gasteiger partial charge in [0.15, 0.2) is 5.71 Å². The Kier molecular flexibility index (Phi) is 4.42. The minimum atomic E-state index is -0.199. The van der Waals surface area contributed by atoms with E-state index in [1.54, 1.807) is 9.58 Å². The Bertz CT molecular complexity index is 1010. The maximum absolute atomic E-state index is 12.8. The summed E-state index contributed by atoms with van der Waals surface area (Å²) in [7, 11) is 1.44. The van der Waals surface area contributed by atoms with Gasteiger partial charge in [0.1, 0.15) is 12.8 Å². The number of carbonyl (C=O) groups is 1. The van der Waals surface area contributed by atoms with Crippen LogP contribution in [0.5, 0.6) is 0 Å². The number of oxime groups is 1. The van der Waals surface area contributed by atoms with Gasteiger partial charge < -0.3 is 9.74 Å². The molecule has 2 heterocycles. The van der Waals surface area contributed by atoms with Crippen LogP contribution in [0.25, 0.3) is 0 Å². The summed E-state index contributed by atoms with van der Waals surface area (Å²) >= 11 is 0. The van der Waals surface area contributed by atoms with Gasteiger partial charge in [-0.3, -0.25) is 4.79 Å². The first kappa shape index (κ1) is 17.0. The van der Waals surface area contributed by atoms with Crippen LogP contribution < -0.4 is 4.90 Å². The molecule has 7 nitrogen and oxygen atoms in total. The zero-order valence-electron chi connectivity index (χ0n) is 15.2. The first-order chi connectivity index (χ1) is 13.2. The van der Waals surface area contributed by atoms with Gasteiger partial charge >= 0.3 is 0 Å². The Morgan fingerprint density at radius 2 is 1.93 bits per heavy atom. The van der Waals surface area contributed by atoms with Crippen LogP contribution >= 0.6 is 0 Å². The molecule has 0 atom stereocenters. The molecular weight excluding hydrogens is 342 g/mol. The molecule has 0 N–H and O–H groups in total. The topological polar surface area (TPSA) is 72.6 Å². The molecule has 0 fully saturated rings. The van der Waals surface area contributed by atoms with Crippen molar-refractivity contribution in [3.8, 4) is 0 Å². The third kappa shape index (κ3) is 3.31. The Morgan fingerprint density at radius 3 is 2.70 bits per heavy atom. The number of aromatic nitrogens is 3. The van der Waals surface area contributed by atoms with Gasteiger partial charge in [0.25, 0.3) is 5.91 Å². The van der Waals surface area contributed by atoms with E-state index < -0.39 is 0 Å². The average Bonchev–Trinajstić information content (AvgIpc) is 3.21. The molecule has 3 aromatic rings. The number of rotatable bonds is 5. The van der Waals surface area contributed by atoms with Crippen molar-refractivity contribution in [3.63, 3.8) is 0 Å². The molecule has 27 heavy (non-hydrogen) atoms. The molecule has 0 saturated carbocycles. The molecule has 1 aromatic heterocycles. The van der Waals surface area contributed by atoms with E-state index in [4.69, 9.17) is 4.84 Å². The fourth-order valence-electron chi connectivity index (χ4n) is 3.18. The molecule has 0 bridgehead atoms. The third-order valence-corrected chi connectivity index (χ3v) is 4.42. The molecule has 7 heteroatoms. The van der Waals surface area contributed by atoms with Gasteiger partial charge in [0, 0.05) is 5.56 Å². The van der Waals surface area contributed by atoms with Crippen LogP contribution in [0.1, 0.15) is 22.4 Å². The molecule has 2 aromatic carbocycles. The van der Waals surface area contributed by atoms with Gasteiger partial charge in [-0.1, -0.05) is 52.3 Å². The van der Waals surface area contributed by atoms with Crippen molar-refractivity contribution in [3.05, 3.63) is 77.1 Å². The van der Waals surface area contributed by atoms with E-state index >= 15 is 0 Å². The highest BCUT2D eigenvalue weighted by Gasteiger charge is 2.35. The lowest BCUT2D eigenvalue weighted by molar-refractivity contribution is -0.112. The summed E-state index contributed by atoms with van der Waals surface area (Å²) in [6, 6.07) is 15.9. The molecule has 1 aliphatic heterocycles. The lowest BCUT2D eigenvalue weighted by Gasteiger charge is -2.15. The average molecular weight is 361 g/mol. The number of carbonyl (C=O) groups excluding carboxylic acids is 1. The lowest BCUT2D eigenvalue weighted by Crippen LogP contribution is -2.29. The molecule has 4 rings (SSSR count). The quantitative estimate of drug-likeness (QED) is 0.655. The van der Waals surface area contributed by atoms with Gasteiger partial charge in [-0.2, -0.15) is 0 Å². The maximum atomic E-state index is 12.8. The predicted octanol–water partition coefficient (Wildman–Crippen LogP) is 2.53. The van der Waals surface area contributed by atoms with E-state index in [2.05, 4.69) is 15.5 Å². The lowest BCUT2D eigenvalue weighted by atomic mass is 10.1.